The van der Waals surface area contributed by atoms with Gasteiger partial charge >= 0.3 is 5.97 Å². The van der Waals surface area contributed by atoms with Gasteiger partial charge in [-0.25, -0.2) is 0 Å². The number of aryl methyl sites for hydroxylation is 1. The number of aliphatic carboxylic acids is 1. The van der Waals surface area contributed by atoms with E-state index in [1.54, 1.807) is 7.11 Å². The minimum absolute atomic E-state index is 0.0152. The number of rotatable bonds is 12. The van der Waals surface area contributed by atoms with Crippen LogP contribution in [0.3, 0.4) is 0 Å². The van der Waals surface area contributed by atoms with Gasteiger partial charge in [-0.05, 0) is 60.6 Å². The van der Waals surface area contributed by atoms with Crippen LogP contribution >= 0.6 is 11.6 Å². The molecular weight excluding hydrogens is 480 g/mol. The molecule has 1 atom stereocenters. The highest BCUT2D eigenvalue weighted by molar-refractivity contribution is 6.30. The molecule has 2 amide bonds. The smallest absolute Gasteiger partial charge is 0.305 e. The average Bonchev–Trinajstić information content (AvgIpc) is 3.14. The fraction of sp³-hybridized carbons (Fsp3) is 0.464. The predicted octanol–water partition coefficient (Wildman–Crippen LogP) is 5.00. The molecule has 2 fully saturated rings. The molecule has 0 spiro atoms. The van der Waals surface area contributed by atoms with Gasteiger partial charge in [0.25, 0.3) is 0 Å². The van der Waals surface area contributed by atoms with Crippen molar-refractivity contribution in [1.82, 2.24) is 9.80 Å². The maximum Gasteiger partial charge on any atom is 0.305 e. The van der Waals surface area contributed by atoms with E-state index in [9.17, 15) is 19.5 Å². The van der Waals surface area contributed by atoms with E-state index in [1.807, 2.05) is 36.4 Å². The first kappa shape index (κ1) is 26.2. The van der Waals surface area contributed by atoms with Crippen LogP contribution in [-0.2, 0) is 27.3 Å². The van der Waals surface area contributed by atoms with E-state index in [-0.39, 0.29) is 24.3 Å². The van der Waals surface area contributed by atoms with E-state index in [2.05, 4.69) is 11.0 Å². The maximum absolute atomic E-state index is 11.9. The van der Waals surface area contributed by atoms with Gasteiger partial charge in [0.15, 0.2) is 0 Å². The summed E-state index contributed by atoms with van der Waals surface area (Å²) in [5, 5.41) is 10.3. The van der Waals surface area contributed by atoms with Crippen molar-refractivity contribution in [2.45, 2.75) is 70.0 Å². The van der Waals surface area contributed by atoms with Crippen LogP contribution < -0.4 is 4.74 Å². The SMILES string of the molecule is COc1cc(CN(C2CCC2)C(CC(=O)O)c2ccc(Cl)cc2)ccc1CCCN1C(=O)CCC1=O. The van der Waals surface area contributed by atoms with Crippen molar-refractivity contribution >= 4 is 29.4 Å². The molecule has 0 bridgehead atoms. The summed E-state index contributed by atoms with van der Waals surface area (Å²) < 4.78 is 5.68. The van der Waals surface area contributed by atoms with Crippen LogP contribution in [0.5, 0.6) is 5.75 Å². The molecule has 0 aromatic heterocycles. The van der Waals surface area contributed by atoms with Gasteiger partial charge in [-0.3, -0.25) is 24.2 Å². The fourth-order valence-corrected chi connectivity index (χ4v) is 5.22. The van der Waals surface area contributed by atoms with Crippen molar-refractivity contribution < 1.29 is 24.2 Å². The zero-order valence-corrected chi connectivity index (χ0v) is 21.4. The Morgan fingerprint density at radius 2 is 1.83 bits per heavy atom. The lowest BCUT2D eigenvalue weighted by Crippen LogP contribution is -2.42. The van der Waals surface area contributed by atoms with Crippen LogP contribution in [-0.4, -0.2) is 52.4 Å². The number of likely N-dealkylation sites (tertiary alicyclic amines) is 1. The first-order valence-corrected chi connectivity index (χ1v) is 13.0. The van der Waals surface area contributed by atoms with Crippen LogP contribution in [0.15, 0.2) is 42.5 Å². The third-order valence-corrected chi connectivity index (χ3v) is 7.52. The monoisotopic (exact) mass is 512 g/mol. The summed E-state index contributed by atoms with van der Waals surface area (Å²) in [5.41, 5.74) is 3.02. The first-order chi connectivity index (χ1) is 17.4. The predicted molar refractivity (Wildman–Crippen MR) is 137 cm³/mol. The van der Waals surface area contributed by atoms with Gasteiger partial charge in [-0.2, -0.15) is 0 Å². The topological polar surface area (TPSA) is 87.2 Å². The van der Waals surface area contributed by atoms with Crippen LogP contribution in [0, 0.1) is 0 Å². The second-order valence-corrected chi connectivity index (χ2v) is 10.0. The Morgan fingerprint density at radius 3 is 2.42 bits per heavy atom. The lowest BCUT2D eigenvalue weighted by atomic mass is 9.87. The second-order valence-electron chi connectivity index (χ2n) is 9.61. The van der Waals surface area contributed by atoms with Crippen LogP contribution in [0.25, 0.3) is 0 Å². The summed E-state index contributed by atoms with van der Waals surface area (Å²) in [6.07, 6.45) is 5.26. The fourth-order valence-electron chi connectivity index (χ4n) is 5.09. The molecule has 1 saturated carbocycles. The van der Waals surface area contributed by atoms with Crippen molar-refractivity contribution in [3.63, 3.8) is 0 Å². The Morgan fingerprint density at radius 1 is 1.14 bits per heavy atom. The van der Waals surface area contributed by atoms with E-state index in [1.165, 1.54) is 4.90 Å². The van der Waals surface area contributed by atoms with Crippen LogP contribution in [0.4, 0.5) is 0 Å². The van der Waals surface area contributed by atoms with Gasteiger partial charge < -0.3 is 9.84 Å². The number of ether oxygens (including phenoxy) is 1. The first-order valence-electron chi connectivity index (χ1n) is 12.6. The van der Waals surface area contributed by atoms with Crippen molar-refractivity contribution in [3.05, 3.63) is 64.2 Å². The Balaban J connectivity index is 1.50. The van der Waals surface area contributed by atoms with E-state index in [4.69, 9.17) is 16.3 Å². The van der Waals surface area contributed by atoms with E-state index >= 15 is 0 Å². The van der Waals surface area contributed by atoms with Gasteiger partial charge in [0.1, 0.15) is 5.75 Å². The summed E-state index contributed by atoms with van der Waals surface area (Å²) in [4.78, 5) is 39.2. The number of imide groups is 1. The molecule has 1 aliphatic heterocycles. The van der Waals surface area contributed by atoms with Gasteiger partial charge in [0.2, 0.25) is 11.8 Å². The molecule has 4 rings (SSSR count). The molecule has 2 aromatic carbocycles. The number of carboxylic acids is 1. The van der Waals surface area contributed by atoms with E-state index < -0.39 is 5.97 Å². The molecule has 8 heteroatoms. The maximum atomic E-state index is 11.9. The number of methoxy groups -OCH3 is 1. The van der Waals surface area contributed by atoms with Gasteiger partial charge in [0.05, 0.1) is 13.5 Å². The zero-order valence-electron chi connectivity index (χ0n) is 20.6. The Kier molecular flexibility index (Phi) is 8.64. The number of hydrogen-bond donors (Lipinski definition) is 1. The molecule has 7 nitrogen and oxygen atoms in total. The van der Waals surface area contributed by atoms with Gasteiger partial charge in [-0.15, -0.1) is 0 Å². The van der Waals surface area contributed by atoms with Crippen LogP contribution in [0.2, 0.25) is 5.02 Å². The quantitative estimate of drug-likeness (QED) is 0.403. The summed E-state index contributed by atoms with van der Waals surface area (Å²) in [6, 6.07) is 13.6. The van der Waals surface area contributed by atoms with Crippen molar-refractivity contribution in [1.29, 1.82) is 0 Å². The Labute approximate surface area is 217 Å². The molecular formula is C28H33ClN2O5. The van der Waals surface area contributed by atoms with Crippen molar-refractivity contribution in [3.8, 4) is 5.75 Å². The van der Waals surface area contributed by atoms with Crippen molar-refractivity contribution in [2.75, 3.05) is 13.7 Å². The lowest BCUT2D eigenvalue weighted by molar-refractivity contribution is -0.140. The number of carboxylic acid groups (broad SMARTS) is 1. The minimum Gasteiger partial charge on any atom is -0.496 e. The van der Waals surface area contributed by atoms with Gasteiger partial charge in [-0.1, -0.05) is 42.3 Å². The molecule has 1 unspecified atom stereocenters. The molecule has 1 N–H and O–H groups in total. The van der Waals surface area contributed by atoms with E-state index in [0.717, 1.165) is 41.7 Å². The molecule has 1 saturated heterocycles. The number of nitrogens with zero attached hydrogens (tertiary/aromatic N) is 2. The van der Waals surface area contributed by atoms with Gasteiger partial charge in [0, 0.05) is 43.0 Å². The minimum atomic E-state index is -0.831. The molecule has 0 radical (unpaired) electrons. The average molecular weight is 513 g/mol. The number of benzene rings is 2. The molecule has 192 valence electrons. The third-order valence-electron chi connectivity index (χ3n) is 7.27. The molecule has 2 aromatic rings. The largest absolute Gasteiger partial charge is 0.496 e. The number of halogens is 1. The standard InChI is InChI=1S/C28H33ClN2O5/c1-36-25-16-19(7-8-21(25)4-3-15-30-26(32)13-14-27(30)33)18-31(23-5-2-6-23)24(17-28(34)35)20-9-11-22(29)12-10-20/h7-12,16,23-24H,2-6,13-15,17-18H2,1H3,(H,34,35). The number of amides is 2. The number of carbonyl (C=O) groups is 3. The molecule has 1 aliphatic carbocycles. The summed E-state index contributed by atoms with van der Waals surface area (Å²) >= 11 is 6.09. The second kappa shape index (κ2) is 11.9. The highest BCUT2D eigenvalue weighted by Crippen LogP contribution is 2.37. The zero-order chi connectivity index (χ0) is 25.7. The summed E-state index contributed by atoms with van der Waals surface area (Å²) in [5.74, 6) is -0.242. The molecule has 2 aliphatic rings. The molecule has 36 heavy (non-hydrogen) atoms. The number of hydrogen-bond acceptors (Lipinski definition) is 5. The molecule has 1 heterocycles. The lowest BCUT2D eigenvalue weighted by Gasteiger charge is -2.42. The third kappa shape index (κ3) is 6.26. The summed E-state index contributed by atoms with van der Waals surface area (Å²) in [7, 11) is 1.64. The number of carbonyl (C=O) groups excluding carboxylic acids is 2. The van der Waals surface area contributed by atoms with E-state index in [0.29, 0.717) is 49.8 Å². The van der Waals surface area contributed by atoms with Crippen LogP contribution in [0.1, 0.15) is 67.7 Å². The Bertz CT molecular complexity index is 1080. The Hall–Kier alpha value is -2.90. The summed E-state index contributed by atoms with van der Waals surface area (Å²) in [6.45, 7) is 1.04. The highest BCUT2D eigenvalue weighted by Gasteiger charge is 2.33. The normalized spacial score (nSPS) is 16.9. The van der Waals surface area contributed by atoms with Crippen molar-refractivity contribution in [2.24, 2.45) is 0 Å². The highest BCUT2D eigenvalue weighted by atomic mass is 35.5.